The Kier molecular flexibility index (Phi) is 5.46. The lowest BCUT2D eigenvalue weighted by molar-refractivity contribution is 0.0927. The van der Waals surface area contributed by atoms with Crippen LogP contribution in [0.5, 0.6) is 0 Å². The molecule has 1 aromatic heterocycles. The standard InChI is InChI=1S/C19H14ClN3O3/c20-15-8-6-14(7-9-15)18(24)22-16-4-1-3-13(11-16)12-21-23-19(25)17-5-2-10-26-17/h1-12H,(H,22,24)(H,23,25)/b21-12+. The van der Waals surface area contributed by atoms with E-state index < -0.39 is 5.91 Å². The van der Waals surface area contributed by atoms with Crippen molar-refractivity contribution in [3.05, 3.63) is 88.8 Å². The minimum absolute atomic E-state index is 0.172. The number of nitrogens with zero attached hydrogens (tertiary/aromatic N) is 1. The van der Waals surface area contributed by atoms with E-state index in [1.54, 1.807) is 54.6 Å². The van der Waals surface area contributed by atoms with E-state index in [1.807, 2.05) is 0 Å². The number of benzene rings is 2. The molecule has 0 aliphatic carbocycles. The average Bonchev–Trinajstić information content (AvgIpc) is 3.17. The smallest absolute Gasteiger partial charge is 0.307 e. The molecule has 2 amide bonds. The van der Waals surface area contributed by atoms with Crippen LogP contribution < -0.4 is 10.7 Å². The molecule has 0 spiro atoms. The van der Waals surface area contributed by atoms with Crippen LogP contribution in [0.2, 0.25) is 5.02 Å². The maximum Gasteiger partial charge on any atom is 0.307 e. The third-order valence-electron chi connectivity index (χ3n) is 3.38. The molecule has 0 aliphatic rings. The lowest BCUT2D eigenvalue weighted by Gasteiger charge is -2.06. The molecule has 0 radical (unpaired) electrons. The summed E-state index contributed by atoms with van der Waals surface area (Å²) in [4.78, 5) is 23.9. The quantitative estimate of drug-likeness (QED) is 0.529. The summed E-state index contributed by atoms with van der Waals surface area (Å²) < 4.78 is 4.97. The van der Waals surface area contributed by atoms with Crippen molar-refractivity contribution < 1.29 is 14.0 Å². The maximum atomic E-state index is 12.2. The number of carbonyl (C=O) groups is 2. The Balaban J connectivity index is 1.62. The Morgan fingerprint density at radius 2 is 1.81 bits per heavy atom. The van der Waals surface area contributed by atoms with E-state index in [1.165, 1.54) is 18.5 Å². The zero-order valence-corrected chi connectivity index (χ0v) is 14.2. The molecule has 1 heterocycles. The molecule has 0 saturated heterocycles. The lowest BCUT2D eigenvalue weighted by Crippen LogP contribution is -2.16. The molecule has 0 atom stereocenters. The molecule has 0 bridgehead atoms. The Labute approximate surface area is 154 Å². The summed E-state index contributed by atoms with van der Waals surface area (Å²) in [6, 6.07) is 16.8. The third kappa shape index (κ3) is 4.58. The molecule has 6 nitrogen and oxygen atoms in total. The van der Waals surface area contributed by atoms with Crippen molar-refractivity contribution >= 4 is 35.3 Å². The summed E-state index contributed by atoms with van der Waals surface area (Å²) in [6.07, 6.45) is 2.88. The highest BCUT2D eigenvalue weighted by Gasteiger charge is 2.07. The molecule has 0 unspecified atom stereocenters. The molecule has 130 valence electrons. The maximum absolute atomic E-state index is 12.2. The van der Waals surface area contributed by atoms with E-state index in [9.17, 15) is 9.59 Å². The summed E-state index contributed by atoms with van der Waals surface area (Å²) >= 11 is 5.82. The van der Waals surface area contributed by atoms with Gasteiger partial charge in [-0.05, 0) is 54.1 Å². The predicted molar refractivity (Wildman–Crippen MR) is 99.6 cm³/mol. The SMILES string of the molecule is O=C(Nc1cccc(/C=N/NC(=O)c2ccco2)c1)c1ccc(Cl)cc1. The monoisotopic (exact) mass is 367 g/mol. The zero-order chi connectivity index (χ0) is 18.4. The fraction of sp³-hybridized carbons (Fsp3) is 0. The second kappa shape index (κ2) is 8.13. The van der Waals surface area contributed by atoms with Crippen LogP contribution in [0.1, 0.15) is 26.5 Å². The van der Waals surface area contributed by atoms with Crippen LogP contribution in [-0.2, 0) is 0 Å². The van der Waals surface area contributed by atoms with Gasteiger partial charge in [0.05, 0.1) is 12.5 Å². The predicted octanol–water partition coefficient (Wildman–Crippen LogP) is 3.95. The Morgan fingerprint density at radius 1 is 1.00 bits per heavy atom. The Bertz CT molecular complexity index is 935. The van der Waals surface area contributed by atoms with Crippen molar-refractivity contribution in [1.29, 1.82) is 0 Å². The first-order chi connectivity index (χ1) is 12.6. The molecule has 2 aromatic carbocycles. The fourth-order valence-electron chi connectivity index (χ4n) is 2.13. The van der Waals surface area contributed by atoms with Crippen LogP contribution >= 0.6 is 11.6 Å². The van der Waals surface area contributed by atoms with Gasteiger partial charge in [0.15, 0.2) is 5.76 Å². The van der Waals surface area contributed by atoms with Gasteiger partial charge in [-0.3, -0.25) is 9.59 Å². The molecule has 0 fully saturated rings. The number of furan rings is 1. The summed E-state index contributed by atoms with van der Waals surface area (Å²) in [7, 11) is 0. The first kappa shape index (κ1) is 17.4. The third-order valence-corrected chi connectivity index (χ3v) is 3.63. The molecule has 7 heteroatoms. The Morgan fingerprint density at radius 3 is 2.54 bits per heavy atom. The average molecular weight is 368 g/mol. The van der Waals surface area contributed by atoms with E-state index >= 15 is 0 Å². The lowest BCUT2D eigenvalue weighted by atomic mass is 10.2. The highest BCUT2D eigenvalue weighted by atomic mass is 35.5. The normalized spacial score (nSPS) is 10.7. The van der Waals surface area contributed by atoms with E-state index in [4.69, 9.17) is 16.0 Å². The second-order valence-corrected chi connectivity index (χ2v) is 5.70. The highest BCUT2D eigenvalue weighted by molar-refractivity contribution is 6.30. The van der Waals surface area contributed by atoms with Gasteiger partial charge in [0, 0.05) is 16.3 Å². The fourth-order valence-corrected chi connectivity index (χ4v) is 2.26. The molecule has 3 rings (SSSR count). The van der Waals surface area contributed by atoms with E-state index in [0.29, 0.717) is 21.8 Å². The number of anilines is 1. The van der Waals surface area contributed by atoms with Gasteiger partial charge in [0.2, 0.25) is 0 Å². The van der Waals surface area contributed by atoms with Gasteiger partial charge in [-0.15, -0.1) is 0 Å². The minimum Gasteiger partial charge on any atom is -0.459 e. The second-order valence-electron chi connectivity index (χ2n) is 5.26. The van der Waals surface area contributed by atoms with E-state index in [-0.39, 0.29) is 11.7 Å². The number of carbonyl (C=O) groups excluding carboxylic acids is 2. The molecular formula is C19H14ClN3O3. The van der Waals surface area contributed by atoms with Crippen molar-refractivity contribution in [2.75, 3.05) is 5.32 Å². The van der Waals surface area contributed by atoms with Crippen LogP contribution in [0.3, 0.4) is 0 Å². The molecule has 0 saturated carbocycles. The molecule has 26 heavy (non-hydrogen) atoms. The van der Waals surface area contributed by atoms with Gasteiger partial charge >= 0.3 is 5.91 Å². The minimum atomic E-state index is -0.446. The van der Waals surface area contributed by atoms with Gasteiger partial charge in [0.25, 0.3) is 5.91 Å². The summed E-state index contributed by atoms with van der Waals surface area (Å²) in [6.45, 7) is 0. The molecule has 3 aromatic rings. The van der Waals surface area contributed by atoms with Gasteiger partial charge in [-0.2, -0.15) is 5.10 Å². The topological polar surface area (TPSA) is 83.7 Å². The van der Waals surface area contributed by atoms with Gasteiger partial charge in [-0.25, -0.2) is 5.43 Å². The van der Waals surface area contributed by atoms with Crippen LogP contribution in [0.4, 0.5) is 5.69 Å². The molecular weight excluding hydrogens is 354 g/mol. The van der Waals surface area contributed by atoms with Crippen LogP contribution in [0, 0.1) is 0 Å². The number of nitrogens with one attached hydrogen (secondary N) is 2. The van der Waals surface area contributed by atoms with Gasteiger partial charge in [-0.1, -0.05) is 23.7 Å². The largest absolute Gasteiger partial charge is 0.459 e. The van der Waals surface area contributed by atoms with Crippen molar-refractivity contribution in [3.63, 3.8) is 0 Å². The number of hydrazone groups is 1. The summed E-state index contributed by atoms with van der Waals surface area (Å²) in [5.74, 6) is -0.522. The summed E-state index contributed by atoms with van der Waals surface area (Å²) in [5, 5.41) is 7.23. The van der Waals surface area contributed by atoms with Crippen molar-refractivity contribution in [2.45, 2.75) is 0 Å². The molecule has 0 aliphatic heterocycles. The van der Waals surface area contributed by atoms with Crippen LogP contribution in [-0.4, -0.2) is 18.0 Å². The Hall–Kier alpha value is -3.38. The molecule has 2 N–H and O–H groups in total. The van der Waals surface area contributed by atoms with Crippen molar-refractivity contribution in [3.8, 4) is 0 Å². The summed E-state index contributed by atoms with van der Waals surface area (Å²) in [5.41, 5.74) is 4.17. The van der Waals surface area contributed by atoms with Crippen LogP contribution in [0.25, 0.3) is 0 Å². The number of halogens is 1. The van der Waals surface area contributed by atoms with Crippen molar-refractivity contribution in [2.24, 2.45) is 5.10 Å². The van der Waals surface area contributed by atoms with Gasteiger partial charge < -0.3 is 9.73 Å². The van der Waals surface area contributed by atoms with E-state index in [0.717, 1.165) is 0 Å². The zero-order valence-electron chi connectivity index (χ0n) is 13.5. The highest BCUT2D eigenvalue weighted by Crippen LogP contribution is 2.13. The number of hydrogen-bond donors (Lipinski definition) is 2. The van der Waals surface area contributed by atoms with E-state index in [2.05, 4.69) is 15.8 Å². The number of hydrogen-bond acceptors (Lipinski definition) is 4. The van der Waals surface area contributed by atoms with Crippen LogP contribution in [0.15, 0.2) is 76.4 Å². The van der Waals surface area contributed by atoms with Gasteiger partial charge in [0.1, 0.15) is 0 Å². The first-order valence-electron chi connectivity index (χ1n) is 7.66. The van der Waals surface area contributed by atoms with Crippen molar-refractivity contribution in [1.82, 2.24) is 5.43 Å². The number of amides is 2. The first-order valence-corrected chi connectivity index (χ1v) is 8.03. The number of rotatable bonds is 5.